The number of rotatable bonds is 2. The average Bonchev–Trinajstić information content (AvgIpc) is 2.81. The van der Waals surface area contributed by atoms with Gasteiger partial charge in [-0.05, 0) is 36.4 Å². The second kappa shape index (κ2) is 4.98. The lowest BCUT2D eigenvalue weighted by atomic mass is 10.1. The Morgan fingerprint density at radius 1 is 1.05 bits per heavy atom. The summed E-state index contributed by atoms with van der Waals surface area (Å²) in [6.07, 6.45) is 0. The van der Waals surface area contributed by atoms with Crippen LogP contribution in [0.4, 0.5) is 0 Å². The van der Waals surface area contributed by atoms with E-state index in [4.69, 9.17) is 9.26 Å². The second-order valence-electron chi connectivity index (χ2n) is 4.02. The first kappa shape index (κ1) is 12.7. The van der Waals surface area contributed by atoms with Crippen molar-refractivity contribution in [2.75, 3.05) is 7.11 Å². The Hall–Kier alpha value is -1.33. The molecule has 0 fully saturated rings. The Morgan fingerprint density at radius 3 is 2.58 bits per heavy atom. The minimum absolute atomic E-state index is 0.703. The fourth-order valence-corrected chi connectivity index (χ4v) is 2.69. The third-order valence-electron chi connectivity index (χ3n) is 2.84. The summed E-state index contributed by atoms with van der Waals surface area (Å²) < 4.78 is 12.8. The first-order valence-corrected chi connectivity index (χ1v) is 7.16. The van der Waals surface area contributed by atoms with Crippen molar-refractivity contribution in [3.63, 3.8) is 0 Å². The van der Waals surface area contributed by atoms with E-state index in [1.807, 2.05) is 36.4 Å². The van der Waals surface area contributed by atoms with E-state index < -0.39 is 0 Å². The number of aromatic nitrogens is 1. The SMILES string of the molecule is COc1ccc(Br)cc1-c1onc2ccc(Br)cc12. The van der Waals surface area contributed by atoms with Crippen molar-refractivity contribution in [1.29, 1.82) is 0 Å². The lowest BCUT2D eigenvalue weighted by Crippen LogP contribution is -1.87. The zero-order chi connectivity index (χ0) is 13.4. The molecule has 0 aliphatic rings. The summed E-state index contributed by atoms with van der Waals surface area (Å²) in [5.74, 6) is 1.45. The summed E-state index contributed by atoms with van der Waals surface area (Å²) in [7, 11) is 1.64. The largest absolute Gasteiger partial charge is 0.496 e. The summed E-state index contributed by atoms with van der Waals surface area (Å²) in [6.45, 7) is 0. The number of hydrogen-bond donors (Lipinski definition) is 0. The zero-order valence-electron chi connectivity index (χ0n) is 9.98. The third-order valence-corrected chi connectivity index (χ3v) is 3.83. The van der Waals surface area contributed by atoms with Gasteiger partial charge in [-0.3, -0.25) is 0 Å². The Bertz CT molecular complexity index is 752. The van der Waals surface area contributed by atoms with Crippen LogP contribution >= 0.6 is 31.9 Å². The molecular weight excluding hydrogens is 374 g/mol. The quantitative estimate of drug-likeness (QED) is 0.623. The van der Waals surface area contributed by atoms with Gasteiger partial charge in [-0.1, -0.05) is 37.0 Å². The van der Waals surface area contributed by atoms with E-state index in [0.717, 1.165) is 31.2 Å². The van der Waals surface area contributed by atoms with Crippen molar-refractivity contribution < 1.29 is 9.26 Å². The Balaban J connectivity index is 2.29. The number of ether oxygens (including phenoxy) is 1. The van der Waals surface area contributed by atoms with Gasteiger partial charge in [0.2, 0.25) is 0 Å². The van der Waals surface area contributed by atoms with Gasteiger partial charge in [0.1, 0.15) is 11.3 Å². The average molecular weight is 383 g/mol. The molecule has 2 aromatic carbocycles. The molecule has 0 aliphatic carbocycles. The number of fused-ring (bicyclic) bond motifs is 1. The molecule has 1 heterocycles. The smallest absolute Gasteiger partial charge is 0.178 e. The normalized spacial score (nSPS) is 10.9. The summed E-state index contributed by atoms with van der Waals surface area (Å²) in [5.41, 5.74) is 1.69. The van der Waals surface area contributed by atoms with Gasteiger partial charge in [-0.2, -0.15) is 0 Å². The summed E-state index contributed by atoms with van der Waals surface area (Å²) in [5, 5.41) is 5.02. The minimum Gasteiger partial charge on any atom is -0.496 e. The van der Waals surface area contributed by atoms with Gasteiger partial charge in [-0.25, -0.2) is 0 Å². The third kappa shape index (κ3) is 2.28. The van der Waals surface area contributed by atoms with Crippen LogP contribution in [-0.4, -0.2) is 12.3 Å². The molecule has 0 saturated carbocycles. The van der Waals surface area contributed by atoms with Crippen LogP contribution in [0, 0.1) is 0 Å². The lowest BCUT2D eigenvalue weighted by molar-refractivity contribution is 0.408. The number of halogens is 2. The van der Waals surface area contributed by atoms with Crippen LogP contribution in [0.1, 0.15) is 0 Å². The Morgan fingerprint density at radius 2 is 1.79 bits per heavy atom. The highest BCUT2D eigenvalue weighted by atomic mass is 79.9. The first-order valence-electron chi connectivity index (χ1n) is 5.58. The molecule has 5 heteroatoms. The minimum atomic E-state index is 0.703. The van der Waals surface area contributed by atoms with Gasteiger partial charge >= 0.3 is 0 Å². The molecular formula is C14H9Br2NO2. The molecule has 0 unspecified atom stereocenters. The van der Waals surface area contributed by atoms with Crippen LogP contribution in [0.25, 0.3) is 22.2 Å². The van der Waals surface area contributed by atoms with Crippen molar-refractivity contribution in [2.24, 2.45) is 0 Å². The first-order chi connectivity index (χ1) is 9.19. The highest BCUT2D eigenvalue weighted by Gasteiger charge is 2.15. The number of methoxy groups -OCH3 is 1. The van der Waals surface area contributed by atoms with Gasteiger partial charge < -0.3 is 9.26 Å². The van der Waals surface area contributed by atoms with Gasteiger partial charge in [0.15, 0.2) is 5.76 Å². The number of nitrogens with zero attached hydrogens (tertiary/aromatic N) is 1. The van der Waals surface area contributed by atoms with Crippen LogP contribution in [0.15, 0.2) is 49.9 Å². The van der Waals surface area contributed by atoms with Crippen molar-refractivity contribution in [3.8, 4) is 17.1 Å². The number of hydrogen-bond acceptors (Lipinski definition) is 3. The topological polar surface area (TPSA) is 35.3 Å². The molecule has 19 heavy (non-hydrogen) atoms. The molecule has 1 aromatic heterocycles. The molecule has 0 radical (unpaired) electrons. The van der Waals surface area contributed by atoms with Gasteiger partial charge in [0.05, 0.1) is 18.1 Å². The molecule has 0 aliphatic heterocycles. The predicted molar refractivity (Wildman–Crippen MR) is 81.4 cm³/mol. The van der Waals surface area contributed by atoms with Crippen LogP contribution in [-0.2, 0) is 0 Å². The molecule has 3 rings (SSSR count). The lowest BCUT2D eigenvalue weighted by Gasteiger charge is -2.06. The van der Waals surface area contributed by atoms with Crippen molar-refractivity contribution >= 4 is 42.8 Å². The molecule has 96 valence electrons. The van der Waals surface area contributed by atoms with Crippen molar-refractivity contribution in [1.82, 2.24) is 5.16 Å². The highest BCUT2D eigenvalue weighted by molar-refractivity contribution is 9.10. The summed E-state index contributed by atoms with van der Waals surface area (Å²) >= 11 is 6.93. The van der Waals surface area contributed by atoms with Crippen LogP contribution in [0.5, 0.6) is 5.75 Å². The van der Waals surface area contributed by atoms with E-state index >= 15 is 0 Å². The molecule has 0 amide bonds. The maximum atomic E-state index is 5.48. The van der Waals surface area contributed by atoms with Gasteiger partial charge in [0, 0.05) is 8.95 Å². The predicted octanol–water partition coefficient (Wildman–Crippen LogP) is 5.03. The fourth-order valence-electron chi connectivity index (χ4n) is 1.97. The monoisotopic (exact) mass is 381 g/mol. The Kier molecular flexibility index (Phi) is 3.33. The summed E-state index contributed by atoms with van der Waals surface area (Å²) in [4.78, 5) is 0. The summed E-state index contributed by atoms with van der Waals surface area (Å²) in [6, 6.07) is 11.6. The van der Waals surface area contributed by atoms with E-state index in [1.54, 1.807) is 7.11 Å². The highest BCUT2D eigenvalue weighted by Crippen LogP contribution is 2.37. The second-order valence-corrected chi connectivity index (χ2v) is 5.85. The van der Waals surface area contributed by atoms with Crippen LogP contribution in [0.2, 0.25) is 0 Å². The maximum Gasteiger partial charge on any atom is 0.178 e. The fraction of sp³-hybridized carbons (Fsp3) is 0.0714. The van der Waals surface area contributed by atoms with Gasteiger partial charge in [0.25, 0.3) is 0 Å². The van der Waals surface area contributed by atoms with E-state index in [9.17, 15) is 0 Å². The van der Waals surface area contributed by atoms with E-state index in [0.29, 0.717) is 5.76 Å². The molecule has 3 nitrogen and oxygen atoms in total. The molecule has 0 bridgehead atoms. The van der Waals surface area contributed by atoms with Crippen LogP contribution in [0.3, 0.4) is 0 Å². The molecule has 3 aromatic rings. The van der Waals surface area contributed by atoms with E-state index in [2.05, 4.69) is 37.0 Å². The van der Waals surface area contributed by atoms with E-state index in [-0.39, 0.29) is 0 Å². The standard InChI is InChI=1S/C14H9Br2NO2/c1-18-13-5-3-9(16)7-11(13)14-10-6-8(15)2-4-12(10)17-19-14/h2-7H,1H3. The maximum absolute atomic E-state index is 5.48. The van der Waals surface area contributed by atoms with Crippen LogP contribution < -0.4 is 4.74 Å². The molecule has 0 atom stereocenters. The molecule has 0 N–H and O–H groups in total. The zero-order valence-corrected chi connectivity index (χ0v) is 13.2. The van der Waals surface area contributed by atoms with E-state index in [1.165, 1.54) is 0 Å². The van der Waals surface area contributed by atoms with Crippen molar-refractivity contribution in [2.45, 2.75) is 0 Å². The Labute approximate surface area is 126 Å². The number of benzene rings is 2. The van der Waals surface area contributed by atoms with Crippen molar-refractivity contribution in [3.05, 3.63) is 45.3 Å². The molecule has 0 saturated heterocycles. The van der Waals surface area contributed by atoms with Gasteiger partial charge in [-0.15, -0.1) is 0 Å². The molecule has 0 spiro atoms.